The zero-order valence-corrected chi connectivity index (χ0v) is 17.7. The van der Waals surface area contributed by atoms with Crippen LogP contribution >= 0.6 is 34.5 Å². The van der Waals surface area contributed by atoms with Crippen LogP contribution in [0.3, 0.4) is 0 Å². The van der Waals surface area contributed by atoms with Crippen molar-refractivity contribution < 1.29 is 27.3 Å². The summed E-state index contributed by atoms with van der Waals surface area (Å²) in [7, 11) is -0.721. The van der Waals surface area contributed by atoms with Gasteiger partial charge in [0, 0.05) is 30.2 Å². The van der Waals surface area contributed by atoms with Crippen LogP contribution in [-0.2, 0) is 9.39 Å². The molecule has 0 N–H and O–H groups in total. The molecule has 1 aliphatic rings. The topological polar surface area (TPSA) is 55.0 Å². The van der Waals surface area contributed by atoms with Gasteiger partial charge in [0.25, 0.3) is 5.90 Å². The molecule has 0 aliphatic carbocycles. The molecule has 2 heterocycles. The fourth-order valence-electron chi connectivity index (χ4n) is 2.38. The number of nitrogens with zero attached hydrogens (tertiary/aromatic N) is 3. The molecule has 0 spiro atoms. The Morgan fingerprint density at radius 1 is 1.32 bits per heavy atom. The van der Waals surface area contributed by atoms with Crippen LogP contribution in [0.25, 0.3) is 0 Å². The number of ether oxygens (including phenoxy) is 1. The van der Waals surface area contributed by atoms with Gasteiger partial charge in [0.05, 0.1) is 17.5 Å². The van der Waals surface area contributed by atoms with E-state index in [0.29, 0.717) is 10.0 Å². The number of fused-ring (bicyclic) bond motifs is 1. The summed E-state index contributed by atoms with van der Waals surface area (Å²) in [6, 6.07) is 6.90. The van der Waals surface area contributed by atoms with Crippen LogP contribution in [-0.4, -0.2) is 44.9 Å². The van der Waals surface area contributed by atoms with Crippen molar-refractivity contribution >= 4 is 64.3 Å². The maximum Gasteiger partial charge on any atom is 0.737 e. The van der Waals surface area contributed by atoms with E-state index in [1.54, 1.807) is 31.2 Å². The van der Waals surface area contributed by atoms with E-state index < -0.39 is 13.0 Å². The minimum atomic E-state index is -4.48. The van der Waals surface area contributed by atoms with Gasteiger partial charge in [0.2, 0.25) is 0 Å². The molecule has 1 aromatic carbocycles. The highest BCUT2D eigenvalue weighted by molar-refractivity contribution is 7.13. The van der Waals surface area contributed by atoms with E-state index in [0.717, 1.165) is 17.0 Å². The second-order valence-electron chi connectivity index (χ2n) is 5.63. The predicted molar refractivity (Wildman–Crippen MR) is 108 cm³/mol. The molecule has 0 unspecified atom stereocenters. The SMILES string of the molecule is CCOC(=O)c1csc2[n+]1[B-](F)(F)OC(c1ccc(N(C)C)cc1)=N2.ClCCl. The Morgan fingerprint density at radius 3 is 2.46 bits per heavy atom. The Balaban J connectivity index is 0.000000878. The van der Waals surface area contributed by atoms with E-state index >= 15 is 0 Å². The van der Waals surface area contributed by atoms with Crippen LogP contribution in [0, 0.1) is 0 Å². The standard InChI is InChI=1S/C15H16BF2N3O3S.CH2Cl2/c1-4-23-14(22)12-9-25-15-19-13(24-16(17,18)21(12)15)10-5-7-11(8-6-10)20(2)3;2-1-3/h5-9H,4H2,1-3H3;1H2. The molecule has 28 heavy (non-hydrogen) atoms. The van der Waals surface area contributed by atoms with Crippen molar-refractivity contribution in [1.82, 2.24) is 0 Å². The summed E-state index contributed by atoms with van der Waals surface area (Å²) in [5.41, 5.74) is 1.09. The number of benzene rings is 1. The van der Waals surface area contributed by atoms with Gasteiger partial charge in [0.1, 0.15) is 0 Å². The number of aromatic nitrogens is 1. The summed E-state index contributed by atoms with van der Waals surface area (Å²) in [5.74, 6) is -1.00. The first-order valence-corrected chi connectivity index (χ1v) is 10.1. The lowest BCUT2D eigenvalue weighted by atomic mass is 10.0. The maximum atomic E-state index is 14.5. The van der Waals surface area contributed by atoms with E-state index in [1.807, 2.05) is 19.0 Å². The third kappa shape index (κ3) is 4.92. The monoisotopic (exact) mass is 451 g/mol. The molecule has 1 aromatic heterocycles. The van der Waals surface area contributed by atoms with E-state index in [4.69, 9.17) is 32.6 Å². The average molecular weight is 452 g/mol. The van der Waals surface area contributed by atoms with Crippen LogP contribution in [0.4, 0.5) is 19.5 Å². The Kier molecular flexibility index (Phi) is 7.62. The Morgan fingerprint density at radius 2 is 1.93 bits per heavy atom. The minimum absolute atomic E-state index is 0.00834. The number of esters is 1. The molecule has 0 saturated heterocycles. The molecule has 0 bridgehead atoms. The van der Waals surface area contributed by atoms with E-state index in [-0.39, 0.29) is 28.7 Å². The third-order valence-corrected chi connectivity index (χ3v) is 4.45. The Hall–Kier alpha value is -1.91. The van der Waals surface area contributed by atoms with Crippen molar-refractivity contribution in [2.45, 2.75) is 6.92 Å². The van der Waals surface area contributed by atoms with Crippen LogP contribution in [0.1, 0.15) is 23.0 Å². The number of rotatable bonds is 4. The number of thiazole rings is 1. The summed E-state index contributed by atoms with van der Waals surface area (Å²) in [6.45, 7) is 1.70. The molecule has 0 fully saturated rings. The summed E-state index contributed by atoms with van der Waals surface area (Å²) in [6.07, 6.45) is 0. The lowest BCUT2D eigenvalue weighted by molar-refractivity contribution is -0.566. The summed E-state index contributed by atoms with van der Waals surface area (Å²) in [5, 5.41) is 1.49. The quantitative estimate of drug-likeness (QED) is 0.400. The van der Waals surface area contributed by atoms with E-state index in [1.165, 1.54) is 5.38 Å². The second-order valence-corrected chi connectivity index (χ2v) is 7.28. The number of hydrogen-bond acceptors (Lipinski definition) is 6. The molecule has 152 valence electrons. The molecule has 0 radical (unpaired) electrons. The number of aliphatic imine (C=N–C) groups is 1. The second kappa shape index (κ2) is 9.53. The first-order valence-electron chi connectivity index (χ1n) is 8.14. The summed E-state index contributed by atoms with van der Waals surface area (Å²) in [4.78, 5) is 17.9. The molecule has 12 heteroatoms. The molecular formula is C16H18BCl2F2N3O3S. The fourth-order valence-corrected chi connectivity index (χ4v) is 3.28. The van der Waals surface area contributed by atoms with Crippen molar-refractivity contribution in [3.63, 3.8) is 0 Å². The lowest BCUT2D eigenvalue weighted by Gasteiger charge is -2.26. The predicted octanol–water partition coefficient (Wildman–Crippen LogP) is 4.03. The maximum absolute atomic E-state index is 14.5. The highest BCUT2D eigenvalue weighted by Crippen LogP contribution is 2.28. The average Bonchev–Trinajstić information content (AvgIpc) is 3.07. The molecule has 0 saturated carbocycles. The highest BCUT2D eigenvalue weighted by Gasteiger charge is 2.50. The molecule has 2 aromatic rings. The fraction of sp³-hybridized carbons (Fsp3) is 0.312. The smallest absolute Gasteiger partial charge is 0.590 e. The van der Waals surface area contributed by atoms with Crippen molar-refractivity contribution in [3.05, 3.63) is 40.9 Å². The van der Waals surface area contributed by atoms with Crippen molar-refractivity contribution in [1.29, 1.82) is 0 Å². The third-order valence-electron chi connectivity index (χ3n) is 3.61. The number of hydrogen-bond donors (Lipinski definition) is 0. The van der Waals surface area contributed by atoms with Gasteiger partial charge in [0.15, 0.2) is 5.69 Å². The molecule has 1 aliphatic heterocycles. The number of halogens is 4. The van der Waals surface area contributed by atoms with E-state index in [9.17, 15) is 13.4 Å². The van der Waals surface area contributed by atoms with Gasteiger partial charge >= 0.3 is 18.1 Å². The van der Waals surface area contributed by atoms with Gasteiger partial charge in [-0.1, -0.05) is 11.3 Å². The first-order chi connectivity index (χ1) is 13.2. The first kappa shape index (κ1) is 22.4. The van der Waals surface area contributed by atoms with E-state index in [2.05, 4.69) is 4.99 Å². The van der Waals surface area contributed by atoms with Crippen molar-refractivity contribution in [2.24, 2.45) is 4.99 Å². The largest absolute Gasteiger partial charge is 0.737 e. The lowest BCUT2D eigenvalue weighted by Crippen LogP contribution is -2.65. The van der Waals surface area contributed by atoms with Gasteiger partial charge in [-0.25, -0.2) is 4.79 Å². The Labute approximate surface area is 175 Å². The zero-order chi connectivity index (χ0) is 20.9. The number of alkyl halides is 2. The molecule has 6 nitrogen and oxygen atoms in total. The molecule has 3 rings (SSSR count). The van der Waals surface area contributed by atoms with Gasteiger partial charge < -0.3 is 27.4 Å². The van der Waals surface area contributed by atoms with Crippen molar-refractivity contribution in [3.8, 4) is 0 Å². The van der Waals surface area contributed by atoms with Crippen LogP contribution < -0.4 is 9.38 Å². The Bertz CT molecular complexity index is 863. The number of carbonyl (C=O) groups is 1. The zero-order valence-electron chi connectivity index (χ0n) is 15.4. The van der Waals surface area contributed by atoms with Crippen LogP contribution in [0.2, 0.25) is 0 Å². The minimum Gasteiger partial charge on any atom is -0.590 e. The van der Waals surface area contributed by atoms with Gasteiger partial charge in [-0.15, -0.1) is 23.2 Å². The van der Waals surface area contributed by atoms with Crippen LogP contribution in [0.5, 0.6) is 0 Å². The summed E-state index contributed by atoms with van der Waals surface area (Å²) < 4.78 is 39.3. The van der Waals surface area contributed by atoms with Crippen molar-refractivity contribution in [2.75, 3.05) is 30.9 Å². The molecule has 0 atom stereocenters. The summed E-state index contributed by atoms with van der Waals surface area (Å²) >= 11 is 10.5. The van der Waals surface area contributed by atoms with Gasteiger partial charge in [-0.05, 0) is 31.2 Å². The highest BCUT2D eigenvalue weighted by atomic mass is 35.5. The van der Waals surface area contributed by atoms with Gasteiger partial charge in [-0.2, -0.15) is 0 Å². The molecule has 0 amide bonds. The number of carbonyl (C=O) groups excluding carboxylic acids is 1. The normalized spacial score (nSPS) is 14.0. The van der Waals surface area contributed by atoms with Crippen LogP contribution in [0.15, 0.2) is 34.6 Å². The van der Waals surface area contributed by atoms with Gasteiger partial charge in [-0.3, -0.25) is 0 Å². The number of anilines is 1. The molecular weight excluding hydrogens is 434 g/mol.